The number of halogens is 1. The molecule has 2 rings (SSSR count). The highest BCUT2D eigenvalue weighted by molar-refractivity contribution is 9.10. The molecular weight excluding hydrogens is 372 g/mol. The van der Waals surface area contributed by atoms with Crippen molar-refractivity contribution in [2.45, 2.75) is 20.3 Å². The van der Waals surface area contributed by atoms with Crippen molar-refractivity contribution in [1.82, 2.24) is 0 Å². The smallest absolute Gasteiger partial charge is 0.255 e. The van der Waals surface area contributed by atoms with Crippen LogP contribution in [0, 0.1) is 0 Å². The van der Waals surface area contributed by atoms with Crippen molar-refractivity contribution in [3.8, 4) is 5.75 Å². The maximum absolute atomic E-state index is 12.4. The zero-order valence-electron chi connectivity index (χ0n) is 13.6. The second-order valence-corrected chi connectivity index (χ2v) is 5.87. The molecule has 0 spiro atoms. The Morgan fingerprint density at radius 1 is 1.04 bits per heavy atom. The van der Waals surface area contributed by atoms with E-state index in [4.69, 9.17) is 4.74 Å². The highest BCUT2D eigenvalue weighted by Gasteiger charge is 2.10. The van der Waals surface area contributed by atoms with Gasteiger partial charge in [-0.1, -0.05) is 13.0 Å². The van der Waals surface area contributed by atoms with E-state index in [1.807, 2.05) is 6.92 Å². The molecule has 0 saturated carbocycles. The zero-order valence-corrected chi connectivity index (χ0v) is 15.1. The van der Waals surface area contributed by atoms with Crippen molar-refractivity contribution in [3.05, 3.63) is 52.5 Å². The van der Waals surface area contributed by atoms with Crippen molar-refractivity contribution >= 4 is 39.1 Å². The minimum absolute atomic E-state index is 0.0751. The van der Waals surface area contributed by atoms with Gasteiger partial charge in [0.25, 0.3) is 5.91 Å². The summed E-state index contributed by atoms with van der Waals surface area (Å²) < 4.78 is 6.16. The number of carbonyl (C=O) groups is 2. The molecule has 0 fully saturated rings. The number of anilines is 2. The van der Waals surface area contributed by atoms with E-state index in [1.165, 1.54) is 0 Å². The largest absolute Gasteiger partial charge is 0.493 e. The van der Waals surface area contributed by atoms with Crippen LogP contribution in [0.15, 0.2) is 46.9 Å². The number of hydrogen-bond acceptors (Lipinski definition) is 3. The molecule has 0 aliphatic heterocycles. The average Bonchev–Trinajstić information content (AvgIpc) is 2.57. The van der Waals surface area contributed by atoms with Crippen LogP contribution in [0.3, 0.4) is 0 Å². The van der Waals surface area contributed by atoms with E-state index in [-0.39, 0.29) is 11.8 Å². The first-order valence-corrected chi connectivity index (χ1v) is 8.46. The first-order valence-electron chi connectivity index (χ1n) is 7.67. The number of rotatable bonds is 6. The van der Waals surface area contributed by atoms with Crippen molar-refractivity contribution in [2.75, 3.05) is 17.2 Å². The van der Waals surface area contributed by atoms with Crippen LogP contribution in [0.5, 0.6) is 5.75 Å². The first kappa shape index (κ1) is 18.0. The van der Waals surface area contributed by atoms with Gasteiger partial charge in [-0.3, -0.25) is 9.59 Å². The molecule has 0 heterocycles. The minimum Gasteiger partial charge on any atom is -0.493 e. The van der Waals surface area contributed by atoms with E-state index >= 15 is 0 Å². The summed E-state index contributed by atoms with van der Waals surface area (Å²) in [6.07, 6.45) is 0.400. The van der Waals surface area contributed by atoms with E-state index in [0.717, 1.165) is 4.47 Å². The van der Waals surface area contributed by atoms with E-state index in [1.54, 1.807) is 49.4 Å². The van der Waals surface area contributed by atoms with Gasteiger partial charge >= 0.3 is 0 Å². The second-order valence-electron chi connectivity index (χ2n) is 5.01. The highest BCUT2D eigenvalue weighted by Crippen LogP contribution is 2.26. The number of benzene rings is 2. The van der Waals surface area contributed by atoms with Crippen molar-refractivity contribution in [1.29, 1.82) is 0 Å². The molecule has 0 saturated heterocycles. The Labute approximate surface area is 149 Å². The maximum atomic E-state index is 12.4. The third-order valence-corrected chi connectivity index (χ3v) is 3.84. The zero-order chi connectivity index (χ0) is 17.5. The lowest BCUT2D eigenvalue weighted by molar-refractivity contribution is -0.115. The van der Waals surface area contributed by atoms with Crippen LogP contribution < -0.4 is 15.4 Å². The molecule has 0 aliphatic rings. The number of ether oxygens (including phenoxy) is 1. The normalized spacial score (nSPS) is 10.1. The fraction of sp³-hybridized carbons (Fsp3) is 0.222. The molecule has 2 N–H and O–H groups in total. The van der Waals surface area contributed by atoms with E-state index in [9.17, 15) is 9.59 Å². The van der Waals surface area contributed by atoms with E-state index < -0.39 is 0 Å². The quantitative estimate of drug-likeness (QED) is 0.765. The maximum Gasteiger partial charge on any atom is 0.255 e. The molecular formula is C18H19BrN2O3. The van der Waals surface area contributed by atoms with Crippen molar-refractivity contribution < 1.29 is 14.3 Å². The second kappa shape index (κ2) is 8.49. The van der Waals surface area contributed by atoms with Gasteiger partial charge in [-0.2, -0.15) is 0 Å². The summed E-state index contributed by atoms with van der Waals surface area (Å²) in [6.45, 7) is 4.24. The first-order chi connectivity index (χ1) is 11.5. The lowest BCUT2D eigenvalue weighted by Crippen LogP contribution is -2.13. The molecule has 5 nitrogen and oxygen atoms in total. The third kappa shape index (κ3) is 4.83. The topological polar surface area (TPSA) is 67.4 Å². The number of amides is 2. The predicted molar refractivity (Wildman–Crippen MR) is 98.6 cm³/mol. The van der Waals surface area contributed by atoms with Gasteiger partial charge in [-0.25, -0.2) is 0 Å². The summed E-state index contributed by atoms with van der Waals surface area (Å²) in [5.41, 5.74) is 1.76. The standard InChI is InChI=1S/C18H19BrN2O3/c1-3-17(22)20-13-6-5-7-14(11-13)21-18(23)12-8-9-16(24-4-2)15(19)10-12/h5-11H,3-4H2,1-2H3,(H,20,22)(H,21,23). The predicted octanol–water partition coefficient (Wildman–Crippen LogP) is 4.45. The SMILES string of the molecule is CCOc1ccc(C(=O)Nc2cccc(NC(=O)CC)c2)cc1Br. The van der Waals surface area contributed by atoms with Gasteiger partial charge < -0.3 is 15.4 Å². The Bertz CT molecular complexity index is 747. The molecule has 0 atom stereocenters. The van der Waals surface area contributed by atoms with Gasteiger partial charge in [0.2, 0.25) is 5.91 Å². The summed E-state index contributed by atoms with van der Waals surface area (Å²) in [7, 11) is 0. The molecule has 0 unspecified atom stereocenters. The van der Waals surface area contributed by atoms with Gasteiger partial charge in [-0.15, -0.1) is 0 Å². The number of hydrogen-bond donors (Lipinski definition) is 2. The van der Waals surface area contributed by atoms with Crippen molar-refractivity contribution in [3.63, 3.8) is 0 Å². The fourth-order valence-electron chi connectivity index (χ4n) is 2.04. The molecule has 24 heavy (non-hydrogen) atoms. The van der Waals surface area contributed by atoms with Crippen LogP contribution in [0.25, 0.3) is 0 Å². The minimum atomic E-state index is -0.238. The molecule has 0 radical (unpaired) electrons. The number of nitrogens with one attached hydrogen (secondary N) is 2. The molecule has 2 amide bonds. The summed E-state index contributed by atoms with van der Waals surface area (Å²) in [4.78, 5) is 23.8. The van der Waals surface area contributed by atoms with Crippen LogP contribution in [-0.4, -0.2) is 18.4 Å². The molecule has 6 heteroatoms. The van der Waals surface area contributed by atoms with Crippen LogP contribution in [0.4, 0.5) is 11.4 Å². The molecule has 0 bridgehead atoms. The van der Waals surface area contributed by atoms with Crippen LogP contribution in [-0.2, 0) is 4.79 Å². The summed E-state index contributed by atoms with van der Waals surface area (Å²) >= 11 is 3.40. The van der Waals surface area contributed by atoms with Gasteiger partial charge in [0, 0.05) is 23.4 Å². The summed E-state index contributed by atoms with van der Waals surface area (Å²) in [6, 6.07) is 12.2. The van der Waals surface area contributed by atoms with Crippen LogP contribution in [0.2, 0.25) is 0 Å². The van der Waals surface area contributed by atoms with Crippen molar-refractivity contribution in [2.24, 2.45) is 0 Å². The average molecular weight is 391 g/mol. The monoisotopic (exact) mass is 390 g/mol. The van der Waals surface area contributed by atoms with Crippen LogP contribution >= 0.6 is 15.9 Å². The Balaban J connectivity index is 2.10. The van der Waals surface area contributed by atoms with Gasteiger partial charge in [0.05, 0.1) is 11.1 Å². The molecule has 2 aromatic rings. The van der Waals surface area contributed by atoms with Crippen LogP contribution in [0.1, 0.15) is 30.6 Å². The lowest BCUT2D eigenvalue weighted by Gasteiger charge is -2.10. The lowest BCUT2D eigenvalue weighted by atomic mass is 10.2. The number of carbonyl (C=O) groups excluding carboxylic acids is 2. The molecule has 126 valence electrons. The third-order valence-electron chi connectivity index (χ3n) is 3.22. The summed E-state index contributed by atoms with van der Waals surface area (Å²) in [5, 5.41) is 5.58. The van der Waals surface area contributed by atoms with Gasteiger partial charge in [-0.05, 0) is 59.3 Å². The summed E-state index contributed by atoms with van der Waals surface area (Å²) in [5.74, 6) is 0.380. The molecule has 2 aromatic carbocycles. The Kier molecular flexibility index (Phi) is 6.37. The highest BCUT2D eigenvalue weighted by atomic mass is 79.9. The van der Waals surface area contributed by atoms with E-state index in [2.05, 4.69) is 26.6 Å². The Morgan fingerprint density at radius 2 is 1.75 bits per heavy atom. The van der Waals surface area contributed by atoms with Gasteiger partial charge in [0.15, 0.2) is 0 Å². The molecule has 0 aromatic heterocycles. The van der Waals surface area contributed by atoms with Gasteiger partial charge in [0.1, 0.15) is 5.75 Å². The fourth-order valence-corrected chi connectivity index (χ4v) is 2.54. The molecule has 0 aliphatic carbocycles. The Morgan fingerprint density at radius 3 is 2.38 bits per heavy atom. The Hall–Kier alpha value is -2.34. The van der Waals surface area contributed by atoms with E-state index in [0.29, 0.717) is 35.7 Å².